The topological polar surface area (TPSA) is 61.6 Å². The van der Waals surface area contributed by atoms with Crippen LogP contribution in [0.1, 0.15) is 10.4 Å². The molecule has 1 aromatic carbocycles. The number of hydrogen-bond donors (Lipinski definition) is 0. The van der Waals surface area contributed by atoms with Gasteiger partial charge in [0.05, 0.1) is 19.8 Å². The van der Waals surface area contributed by atoms with E-state index in [9.17, 15) is 4.79 Å². The molecule has 0 aliphatic rings. The number of carbonyl (C=O) groups is 1. The zero-order chi connectivity index (χ0) is 10.8. The summed E-state index contributed by atoms with van der Waals surface area (Å²) in [6.45, 7) is 0. The van der Waals surface area contributed by atoms with Gasteiger partial charge in [0, 0.05) is 6.07 Å². The van der Waals surface area contributed by atoms with Gasteiger partial charge in [-0.1, -0.05) is 0 Å². The van der Waals surface area contributed by atoms with Crippen molar-refractivity contribution in [3.05, 3.63) is 24.1 Å². The summed E-state index contributed by atoms with van der Waals surface area (Å²) in [4.78, 5) is 15.4. The predicted molar refractivity (Wildman–Crippen MR) is 51.9 cm³/mol. The fraction of sp³-hybridized carbons (Fsp3) is 0.200. The first-order chi connectivity index (χ1) is 7.26. The molecule has 0 fully saturated rings. The maximum atomic E-state index is 11.4. The number of aromatic nitrogens is 1. The van der Waals surface area contributed by atoms with Gasteiger partial charge >= 0.3 is 5.97 Å². The largest absolute Gasteiger partial charge is 0.497 e. The van der Waals surface area contributed by atoms with Crippen LogP contribution in [-0.2, 0) is 4.74 Å². The summed E-state index contributed by atoms with van der Waals surface area (Å²) in [5.74, 6) is 0.0625. The standard InChI is InChI=1S/C10H9NO4/c1-13-6-3-7(10(12)14-2)9-8(4-6)15-5-11-9/h3-5H,1-2H3. The van der Waals surface area contributed by atoms with Gasteiger partial charge in [-0.2, -0.15) is 0 Å². The number of hydrogen-bond acceptors (Lipinski definition) is 5. The molecule has 5 nitrogen and oxygen atoms in total. The minimum atomic E-state index is -0.465. The molecule has 0 amide bonds. The third kappa shape index (κ3) is 1.52. The second-order valence-corrected chi connectivity index (χ2v) is 2.87. The monoisotopic (exact) mass is 207 g/mol. The molecular formula is C10H9NO4. The van der Waals surface area contributed by atoms with Gasteiger partial charge in [0.1, 0.15) is 11.3 Å². The number of rotatable bonds is 2. The minimum Gasteiger partial charge on any atom is -0.497 e. The first-order valence-corrected chi connectivity index (χ1v) is 4.26. The van der Waals surface area contributed by atoms with E-state index in [1.807, 2.05) is 0 Å². The Labute approximate surface area is 85.6 Å². The number of esters is 1. The van der Waals surface area contributed by atoms with Crippen LogP contribution in [0, 0.1) is 0 Å². The van der Waals surface area contributed by atoms with Crippen molar-refractivity contribution in [1.82, 2.24) is 4.98 Å². The van der Waals surface area contributed by atoms with Crippen LogP contribution in [0.5, 0.6) is 5.75 Å². The van der Waals surface area contributed by atoms with Crippen molar-refractivity contribution in [2.75, 3.05) is 14.2 Å². The number of carbonyl (C=O) groups excluding carboxylic acids is 1. The predicted octanol–water partition coefficient (Wildman–Crippen LogP) is 1.62. The zero-order valence-corrected chi connectivity index (χ0v) is 8.31. The highest BCUT2D eigenvalue weighted by atomic mass is 16.5. The molecule has 2 rings (SSSR count). The Bertz CT molecular complexity index is 503. The quantitative estimate of drug-likeness (QED) is 0.700. The van der Waals surface area contributed by atoms with E-state index in [1.165, 1.54) is 20.6 Å². The molecule has 0 spiro atoms. The molecule has 0 saturated heterocycles. The van der Waals surface area contributed by atoms with Gasteiger partial charge in [-0.25, -0.2) is 9.78 Å². The normalized spacial score (nSPS) is 10.3. The molecule has 0 saturated carbocycles. The first kappa shape index (κ1) is 9.51. The first-order valence-electron chi connectivity index (χ1n) is 4.26. The molecule has 0 atom stereocenters. The van der Waals surface area contributed by atoms with Crippen LogP contribution in [0.25, 0.3) is 11.1 Å². The molecule has 2 aromatic rings. The van der Waals surface area contributed by atoms with Crippen LogP contribution in [0.3, 0.4) is 0 Å². The van der Waals surface area contributed by atoms with Crippen molar-refractivity contribution in [3.8, 4) is 5.75 Å². The van der Waals surface area contributed by atoms with Crippen molar-refractivity contribution >= 4 is 17.1 Å². The maximum Gasteiger partial charge on any atom is 0.340 e. The van der Waals surface area contributed by atoms with Crippen molar-refractivity contribution in [2.24, 2.45) is 0 Å². The smallest absolute Gasteiger partial charge is 0.340 e. The number of nitrogens with zero attached hydrogens (tertiary/aromatic N) is 1. The maximum absolute atomic E-state index is 11.4. The van der Waals surface area contributed by atoms with E-state index in [4.69, 9.17) is 9.15 Å². The SMILES string of the molecule is COC(=O)c1cc(OC)cc2ocnc12. The van der Waals surface area contributed by atoms with Crippen LogP contribution in [-0.4, -0.2) is 25.2 Å². The second kappa shape index (κ2) is 3.61. The lowest BCUT2D eigenvalue weighted by Gasteiger charge is -2.03. The van der Waals surface area contributed by atoms with Crippen LogP contribution in [0.15, 0.2) is 22.9 Å². The lowest BCUT2D eigenvalue weighted by Crippen LogP contribution is -2.02. The highest BCUT2D eigenvalue weighted by Gasteiger charge is 2.15. The van der Waals surface area contributed by atoms with Gasteiger partial charge < -0.3 is 13.9 Å². The molecule has 78 valence electrons. The van der Waals surface area contributed by atoms with Gasteiger partial charge in [0.25, 0.3) is 0 Å². The summed E-state index contributed by atoms with van der Waals surface area (Å²) in [7, 11) is 2.83. The molecule has 0 bridgehead atoms. The number of methoxy groups -OCH3 is 2. The van der Waals surface area contributed by atoms with Gasteiger partial charge in [-0.3, -0.25) is 0 Å². The van der Waals surface area contributed by atoms with E-state index < -0.39 is 5.97 Å². The van der Waals surface area contributed by atoms with Gasteiger partial charge in [0.2, 0.25) is 0 Å². The van der Waals surface area contributed by atoms with E-state index in [2.05, 4.69) is 9.72 Å². The summed E-state index contributed by atoms with van der Waals surface area (Å²) >= 11 is 0. The fourth-order valence-electron chi connectivity index (χ4n) is 1.32. The van der Waals surface area contributed by atoms with Gasteiger partial charge in [-0.15, -0.1) is 0 Å². The van der Waals surface area contributed by atoms with E-state index in [0.717, 1.165) is 0 Å². The average molecular weight is 207 g/mol. The Hall–Kier alpha value is -2.04. The summed E-state index contributed by atoms with van der Waals surface area (Å²) < 4.78 is 14.8. The van der Waals surface area contributed by atoms with Crippen LogP contribution in [0.2, 0.25) is 0 Å². The average Bonchev–Trinajstić information content (AvgIpc) is 2.74. The summed E-state index contributed by atoms with van der Waals surface area (Å²) in [5, 5.41) is 0. The molecule has 0 unspecified atom stereocenters. The third-order valence-electron chi connectivity index (χ3n) is 2.05. The second-order valence-electron chi connectivity index (χ2n) is 2.87. The van der Waals surface area contributed by atoms with E-state index in [-0.39, 0.29) is 0 Å². The lowest BCUT2D eigenvalue weighted by molar-refractivity contribution is 0.0602. The minimum absolute atomic E-state index is 0.334. The molecule has 1 heterocycles. The Morgan fingerprint density at radius 2 is 2.20 bits per heavy atom. The van der Waals surface area contributed by atoms with E-state index in [1.54, 1.807) is 12.1 Å². The molecular weight excluding hydrogens is 198 g/mol. The Morgan fingerprint density at radius 3 is 2.87 bits per heavy atom. The molecule has 15 heavy (non-hydrogen) atoms. The van der Waals surface area contributed by atoms with Crippen molar-refractivity contribution in [1.29, 1.82) is 0 Å². The molecule has 1 aromatic heterocycles. The molecule has 0 radical (unpaired) electrons. The molecule has 0 N–H and O–H groups in total. The lowest BCUT2D eigenvalue weighted by atomic mass is 10.2. The Balaban J connectivity index is 2.68. The van der Waals surface area contributed by atoms with Crippen LogP contribution >= 0.6 is 0 Å². The van der Waals surface area contributed by atoms with Gasteiger partial charge in [-0.05, 0) is 6.07 Å². The Morgan fingerprint density at radius 1 is 1.40 bits per heavy atom. The number of fused-ring (bicyclic) bond motifs is 1. The molecule has 0 aliphatic carbocycles. The number of oxazole rings is 1. The fourth-order valence-corrected chi connectivity index (χ4v) is 1.32. The highest BCUT2D eigenvalue weighted by Crippen LogP contribution is 2.24. The van der Waals surface area contributed by atoms with Gasteiger partial charge in [0.15, 0.2) is 12.0 Å². The number of benzene rings is 1. The third-order valence-corrected chi connectivity index (χ3v) is 2.05. The summed E-state index contributed by atoms with van der Waals surface area (Å²) in [6.07, 6.45) is 1.27. The van der Waals surface area contributed by atoms with Crippen molar-refractivity contribution < 1.29 is 18.7 Å². The molecule has 5 heteroatoms. The number of ether oxygens (including phenoxy) is 2. The van der Waals surface area contributed by atoms with Crippen LogP contribution in [0.4, 0.5) is 0 Å². The summed E-state index contributed by atoms with van der Waals surface area (Å²) in [5.41, 5.74) is 1.30. The molecule has 0 aliphatic heterocycles. The Kier molecular flexibility index (Phi) is 2.29. The van der Waals surface area contributed by atoms with Crippen LogP contribution < -0.4 is 4.74 Å². The highest BCUT2D eigenvalue weighted by molar-refractivity contribution is 6.02. The zero-order valence-electron chi connectivity index (χ0n) is 8.31. The van der Waals surface area contributed by atoms with Crippen molar-refractivity contribution in [3.63, 3.8) is 0 Å². The van der Waals surface area contributed by atoms with E-state index in [0.29, 0.717) is 22.4 Å². The summed E-state index contributed by atoms with van der Waals surface area (Å²) in [6, 6.07) is 3.23. The van der Waals surface area contributed by atoms with E-state index >= 15 is 0 Å². The van der Waals surface area contributed by atoms with Crippen molar-refractivity contribution in [2.45, 2.75) is 0 Å².